The van der Waals surface area contributed by atoms with Crippen molar-refractivity contribution >= 4 is 27.4 Å². The number of likely N-dealkylation sites (tertiary alicyclic amines) is 1. The summed E-state index contributed by atoms with van der Waals surface area (Å²) < 4.78 is 28.5. The lowest BCUT2D eigenvalue weighted by atomic mass is 10.1. The first kappa shape index (κ1) is 23.8. The molecular weight excluding hydrogens is 412 g/mol. The van der Waals surface area contributed by atoms with Gasteiger partial charge in [-0.15, -0.1) is 0 Å². The highest BCUT2D eigenvalue weighted by molar-refractivity contribution is 7.90. The number of guanidine groups is 1. The molecule has 1 atom stereocenters. The van der Waals surface area contributed by atoms with Crippen LogP contribution >= 0.6 is 11.6 Å². The topological polar surface area (TPSA) is 83.0 Å². The summed E-state index contributed by atoms with van der Waals surface area (Å²) in [6.45, 7) is 7.71. The van der Waals surface area contributed by atoms with Gasteiger partial charge in [0.25, 0.3) is 0 Å². The number of halogens is 1. The number of hydrogen-bond acceptors (Lipinski definition) is 5. The standard InChI is InChI=1S/C20H33ClN4O3S/c1-4-22-20(23-15-16(2)28-19-7-5-6-17(21)14-19)24-18-8-10-25(11-9-18)12-13-29(3,26)27/h5-7,14,16,18H,4,8-13,15H2,1-3H3,(H2,22,23,24). The van der Waals surface area contributed by atoms with Crippen molar-refractivity contribution in [1.29, 1.82) is 0 Å². The van der Waals surface area contributed by atoms with Gasteiger partial charge < -0.3 is 20.3 Å². The molecule has 0 aromatic heterocycles. The molecule has 29 heavy (non-hydrogen) atoms. The molecule has 9 heteroatoms. The van der Waals surface area contributed by atoms with Crippen molar-refractivity contribution in [2.24, 2.45) is 4.99 Å². The Morgan fingerprint density at radius 3 is 2.72 bits per heavy atom. The van der Waals surface area contributed by atoms with E-state index in [1.54, 1.807) is 6.07 Å². The van der Waals surface area contributed by atoms with Crippen molar-refractivity contribution in [2.45, 2.75) is 38.8 Å². The fraction of sp³-hybridized carbons (Fsp3) is 0.650. The van der Waals surface area contributed by atoms with Crippen LogP contribution in [0.25, 0.3) is 0 Å². The van der Waals surface area contributed by atoms with E-state index in [0.29, 0.717) is 24.2 Å². The molecule has 1 heterocycles. The predicted octanol–water partition coefficient (Wildman–Crippen LogP) is 2.17. The minimum absolute atomic E-state index is 0.0817. The Morgan fingerprint density at radius 2 is 2.10 bits per heavy atom. The van der Waals surface area contributed by atoms with Gasteiger partial charge in [-0.3, -0.25) is 0 Å². The number of hydrogen-bond donors (Lipinski definition) is 2. The van der Waals surface area contributed by atoms with Gasteiger partial charge in [0.05, 0.1) is 12.3 Å². The van der Waals surface area contributed by atoms with E-state index in [2.05, 4.69) is 20.5 Å². The maximum Gasteiger partial charge on any atom is 0.191 e. The first-order chi connectivity index (χ1) is 13.7. The predicted molar refractivity (Wildman–Crippen MR) is 120 cm³/mol. The van der Waals surface area contributed by atoms with Crippen molar-refractivity contribution in [3.63, 3.8) is 0 Å². The molecule has 1 aromatic rings. The highest BCUT2D eigenvalue weighted by atomic mass is 35.5. The van der Waals surface area contributed by atoms with Gasteiger partial charge in [-0.2, -0.15) is 0 Å². The Hall–Kier alpha value is -1.51. The molecule has 1 saturated heterocycles. The fourth-order valence-corrected chi connectivity index (χ4v) is 3.91. The average molecular weight is 445 g/mol. The van der Waals surface area contributed by atoms with Gasteiger partial charge in [-0.25, -0.2) is 13.4 Å². The average Bonchev–Trinajstić information content (AvgIpc) is 2.65. The minimum atomic E-state index is -2.91. The first-order valence-electron chi connectivity index (χ1n) is 10.1. The van der Waals surface area contributed by atoms with Crippen LogP contribution in [0.3, 0.4) is 0 Å². The molecule has 1 aliphatic heterocycles. The second-order valence-corrected chi connectivity index (χ2v) is 10.2. The van der Waals surface area contributed by atoms with Crippen LogP contribution in [0.4, 0.5) is 0 Å². The van der Waals surface area contributed by atoms with E-state index in [1.807, 2.05) is 32.0 Å². The molecule has 2 rings (SSSR count). The van der Waals surface area contributed by atoms with Crippen LogP contribution < -0.4 is 15.4 Å². The molecule has 0 bridgehead atoms. The molecule has 0 spiro atoms. The number of nitrogens with one attached hydrogen (secondary N) is 2. The quantitative estimate of drug-likeness (QED) is 0.448. The van der Waals surface area contributed by atoms with Gasteiger partial charge in [0, 0.05) is 43.5 Å². The van der Waals surface area contributed by atoms with Crippen LogP contribution in [-0.2, 0) is 9.84 Å². The van der Waals surface area contributed by atoms with Crippen molar-refractivity contribution in [3.05, 3.63) is 29.3 Å². The zero-order chi connectivity index (χ0) is 21.3. The second kappa shape index (κ2) is 11.6. The van der Waals surface area contributed by atoms with E-state index in [1.165, 1.54) is 6.26 Å². The van der Waals surface area contributed by atoms with Crippen molar-refractivity contribution in [3.8, 4) is 5.75 Å². The molecule has 1 aliphatic rings. The number of benzene rings is 1. The van der Waals surface area contributed by atoms with Crippen LogP contribution in [0.5, 0.6) is 5.75 Å². The molecule has 1 aromatic carbocycles. The molecule has 1 unspecified atom stereocenters. The van der Waals surface area contributed by atoms with Gasteiger partial charge in [0.15, 0.2) is 5.96 Å². The Balaban J connectivity index is 1.80. The van der Waals surface area contributed by atoms with E-state index in [-0.39, 0.29) is 11.9 Å². The van der Waals surface area contributed by atoms with Gasteiger partial charge in [-0.05, 0) is 44.9 Å². The third-order valence-corrected chi connectivity index (χ3v) is 5.85. The minimum Gasteiger partial charge on any atom is -0.489 e. The maximum atomic E-state index is 11.3. The molecule has 0 radical (unpaired) electrons. The summed E-state index contributed by atoms with van der Waals surface area (Å²) in [6.07, 6.45) is 3.13. The van der Waals surface area contributed by atoms with Crippen molar-refractivity contribution < 1.29 is 13.2 Å². The summed E-state index contributed by atoms with van der Waals surface area (Å²) in [7, 11) is -2.91. The van der Waals surface area contributed by atoms with Gasteiger partial charge in [0.1, 0.15) is 21.7 Å². The largest absolute Gasteiger partial charge is 0.489 e. The molecule has 0 saturated carbocycles. The lowest BCUT2D eigenvalue weighted by Gasteiger charge is -2.33. The normalized spacial score (nSPS) is 17.7. The zero-order valence-electron chi connectivity index (χ0n) is 17.5. The summed E-state index contributed by atoms with van der Waals surface area (Å²) in [5, 5.41) is 7.43. The summed E-state index contributed by atoms with van der Waals surface area (Å²) in [4.78, 5) is 6.87. The third kappa shape index (κ3) is 9.69. The summed E-state index contributed by atoms with van der Waals surface area (Å²) >= 11 is 6.00. The fourth-order valence-electron chi connectivity index (χ4n) is 3.14. The lowest BCUT2D eigenvalue weighted by molar-refractivity contribution is 0.215. The van der Waals surface area contributed by atoms with Gasteiger partial charge in [-0.1, -0.05) is 17.7 Å². The molecule has 1 fully saturated rings. The SMILES string of the molecule is CCNC(=NCC(C)Oc1cccc(Cl)c1)NC1CCN(CCS(C)(=O)=O)CC1. The van der Waals surface area contributed by atoms with E-state index in [9.17, 15) is 8.42 Å². The Morgan fingerprint density at radius 1 is 1.38 bits per heavy atom. The molecule has 7 nitrogen and oxygen atoms in total. The van der Waals surface area contributed by atoms with Crippen LogP contribution in [0, 0.1) is 0 Å². The van der Waals surface area contributed by atoms with Crippen molar-refractivity contribution in [2.75, 3.05) is 44.7 Å². The molecule has 164 valence electrons. The number of ether oxygens (including phenoxy) is 1. The monoisotopic (exact) mass is 444 g/mol. The lowest BCUT2D eigenvalue weighted by Crippen LogP contribution is -2.49. The second-order valence-electron chi connectivity index (χ2n) is 7.50. The van der Waals surface area contributed by atoms with Crippen LogP contribution in [0.1, 0.15) is 26.7 Å². The maximum absolute atomic E-state index is 11.3. The first-order valence-corrected chi connectivity index (χ1v) is 12.6. The summed E-state index contributed by atoms with van der Waals surface area (Å²) in [5.41, 5.74) is 0. The van der Waals surface area contributed by atoms with Crippen LogP contribution in [-0.4, -0.2) is 76.2 Å². The smallest absolute Gasteiger partial charge is 0.191 e. The van der Waals surface area contributed by atoms with Gasteiger partial charge in [0.2, 0.25) is 0 Å². The zero-order valence-corrected chi connectivity index (χ0v) is 19.1. The number of aliphatic imine (C=N–C) groups is 1. The molecule has 0 aliphatic carbocycles. The van der Waals surface area contributed by atoms with E-state index in [4.69, 9.17) is 16.3 Å². The number of rotatable bonds is 9. The Labute approximate surface area is 179 Å². The van der Waals surface area contributed by atoms with Crippen LogP contribution in [0.15, 0.2) is 29.3 Å². The highest BCUT2D eigenvalue weighted by Gasteiger charge is 2.20. The number of piperidine rings is 1. The van der Waals surface area contributed by atoms with E-state index >= 15 is 0 Å². The van der Waals surface area contributed by atoms with Gasteiger partial charge >= 0.3 is 0 Å². The number of nitrogens with zero attached hydrogens (tertiary/aromatic N) is 2. The summed E-state index contributed by atoms with van der Waals surface area (Å²) in [5.74, 6) is 1.74. The Bertz CT molecular complexity index is 765. The van der Waals surface area contributed by atoms with Crippen LogP contribution in [0.2, 0.25) is 5.02 Å². The van der Waals surface area contributed by atoms with Crippen molar-refractivity contribution in [1.82, 2.24) is 15.5 Å². The molecular formula is C20H33ClN4O3S. The highest BCUT2D eigenvalue weighted by Crippen LogP contribution is 2.18. The summed E-state index contributed by atoms with van der Waals surface area (Å²) in [6, 6.07) is 7.68. The molecule has 0 amide bonds. The number of sulfone groups is 1. The molecule has 2 N–H and O–H groups in total. The third-order valence-electron chi connectivity index (χ3n) is 4.69. The van der Waals surface area contributed by atoms with E-state index < -0.39 is 9.84 Å². The Kier molecular flexibility index (Phi) is 9.52. The van der Waals surface area contributed by atoms with E-state index in [0.717, 1.165) is 44.2 Å².